The molecule has 0 aliphatic carbocycles. The van der Waals surface area contributed by atoms with Gasteiger partial charge in [-0.3, -0.25) is 0 Å². The molecule has 2 N–H and O–H groups in total. The van der Waals surface area contributed by atoms with Crippen LogP contribution in [0.25, 0.3) is 0 Å². The highest BCUT2D eigenvalue weighted by atomic mass is 16.5. The summed E-state index contributed by atoms with van der Waals surface area (Å²) in [6, 6.07) is 0. The quantitative estimate of drug-likeness (QED) is 0.763. The van der Waals surface area contributed by atoms with E-state index in [0.717, 1.165) is 25.8 Å². The van der Waals surface area contributed by atoms with E-state index in [4.69, 9.17) is 10.3 Å². The molecule has 1 aromatic heterocycles. The normalized spacial score (nSPS) is 12.8. The van der Waals surface area contributed by atoms with Gasteiger partial charge in [-0.05, 0) is 30.5 Å². The Morgan fingerprint density at radius 1 is 1.40 bits per heavy atom. The highest BCUT2D eigenvalue weighted by Gasteiger charge is 2.09. The summed E-state index contributed by atoms with van der Waals surface area (Å²) < 4.78 is 5.12. The second kappa shape index (κ2) is 5.70. The van der Waals surface area contributed by atoms with Crippen molar-refractivity contribution in [2.24, 2.45) is 11.7 Å². The lowest BCUT2D eigenvalue weighted by Crippen LogP contribution is -2.10. The van der Waals surface area contributed by atoms with Crippen LogP contribution < -0.4 is 10.6 Å². The summed E-state index contributed by atoms with van der Waals surface area (Å²) in [6.45, 7) is 2.93. The Morgan fingerprint density at radius 3 is 2.67 bits per heavy atom. The van der Waals surface area contributed by atoms with E-state index in [1.807, 2.05) is 19.0 Å². The summed E-state index contributed by atoms with van der Waals surface area (Å²) >= 11 is 0. The molecule has 1 atom stereocenters. The van der Waals surface area contributed by atoms with E-state index < -0.39 is 0 Å². The average Bonchev–Trinajstić information content (AvgIpc) is 2.63. The predicted molar refractivity (Wildman–Crippen MR) is 59.8 cm³/mol. The van der Waals surface area contributed by atoms with Crippen LogP contribution in [0, 0.1) is 5.92 Å². The Bertz CT molecular complexity index is 285. The maximum atomic E-state index is 5.48. The molecule has 0 saturated heterocycles. The second-order valence-corrected chi connectivity index (χ2v) is 4.10. The number of nitrogens with two attached hydrogens (primary N) is 1. The first-order valence-electron chi connectivity index (χ1n) is 5.33. The van der Waals surface area contributed by atoms with Gasteiger partial charge in [0.2, 0.25) is 5.89 Å². The van der Waals surface area contributed by atoms with Crippen LogP contribution in [-0.4, -0.2) is 30.8 Å². The van der Waals surface area contributed by atoms with Gasteiger partial charge in [-0.2, -0.15) is 4.98 Å². The Kier molecular flexibility index (Phi) is 4.55. The summed E-state index contributed by atoms with van der Waals surface area (Å²) in [6.07, 6.45) is 2.93. The van der Waals surface area contributed by atoms with E-state index in [1.165, 1.54) is 0 Å². The first-order chi connectivity index (χ1) is 7.13. The molecule has 15 heavy (non-hydrogen) atoms. The van der Waals surface area contributed by atoms with E-state index >= 15 is 0 Å². The lowest BCUT2D eigenvalue weighted by Gasteiger charge is -2.06. The minimum absolute atomic E-state index is 0.615. The van der Waals surface area contributed by atoms with Gasteiger partial charge in [-0.25, -0.2) is 0 Å². The summed E-state index contributed by atoms with van der Waals surface area (Å²) in [5.74, 6) is 1.96. The van der Waals surface area contributed by atoms with Gasteiger partial charge in [-0.15, -0.1) is 0 Å². The Balaban J connectivity index is 2.37. The van der Waals surface area contributed by atoms with Crippen LogP contribution in [0.4, 0.5) is 5.95 Å². The maximum absolute atomic E-state index is 5.48. The smallest absolute Gasteiger partial charge is 0.265 e. The average molecular weight is 212 g/mol. The fraction of sp³-hybridized carbons (Fsp3) is 0.800. The molecule has 0 fully saturated rings. The number of rotatable bonds is 6. The summed E-state index contributed by atoms with van der Waals surface area (Å²) in [7, 11) is 3.79. The maximum Gasteiger partial charge on any atom is 0.265 e. The van der Waals surface area contributed by atoms with Crippen molar-refractivity contribution in [2.45, 2.75) is 26.2 Å². The fourth-order valence-corrected chi connectivity index (χ4v) is 1.33. The number of anilines is 1. The molecule has 0 aliphatic heterocycles. The van der Waals surface area contributed by atoms with Crippen molar-refractivity contribution in [1.82, 2.24) is 10.1 Å². The number of nitrogens with zero attached hydrogens (tertiary/aromatic N) is 3. The third kappa shape index (κ3) is 3.87. The number of hydrogen-bond donors (Lipinski definition) is 1. The topological polar surface area (TPSA) is 68.2 Å². The van der Waals surface area contributed by atoms with Crippen LogP contribution in [0.5, 0.6) is 0 Å². The zero-order chi connectivity index (χ0) is 11.3. The predicted octanol–water partition coefficient (Wildman–Crippen LogP) is 1.05. The van der Waals surface area contributed by atoms with Crippen molar-refractivity contribution < 1.29 is 4.52 Å². The Hall–Kier alpha value is -1.10. The van der Waals surface area contributed by atoms with Gasteiger partial charge in [0, 0.05) is 20.5 Å². The SMILES string of the molecule is CC(CCN)CCc1nc(N(C)C)no1. The molecule has 0 aliphatic rings. The van der Waals surface area contributed by atoms with Crippen LogP contribution in [0.1, 0.15) is 25.7 Å². The highest BCUT2D eigenvalue weighted by Crippen LogP contribution is 2.12. The van der Waals surface area contributed by atoms with Crippen LogP contribution in [0.2, 0.25) is 0 Å². The van der Waals surface area contributed by atoms with Gasteiger partial charge in [0.15, 0.2) is 0 Å². The largest absolute Gasteiger partial charge is 0.344 e. The van der Waals surface area contributed by atoms with Crippen LogP contribution >= 0.6 is 0 Å². The number of aryl methyl sites for hydroxylation is 1. The van der Waals surface area contributed by atoms with E-state index in [9.17, 15) is 0 Å². The minimum atomic E-state index is 0.615. The van der Waals surface area contributed by atoms with Crippen molar-refractivity contribution >= 4 is 5.95 Å². The van der Waals surface area contributed by atoms with E-state index in [1.54, 1.807) is 0 Å². The molecule has 1 aromatic rings. The van der Waals surface area contributed by atoms with Crippen LogP contribution in [0.3, 0.4) is 0 Å². The van der Waals surface area contributed by atoms with Crippen molar-refractivity contribution in [3.63, 3.8) is 0 Å². The molecule has 0 radical (unpaired) electrons. The molecule has 1 unspecified atom stereocenters. The van der Waals surface area contributed by atoms with Gasteiger partial charge in [-0.1, -0.05) is 6.92 Å². The Morgan fingerprint density at radius 2 is 2.13 bits per heavy atom. The van der Waals surface area contributed by atoms with Crippen LogP contribution in [0.15, 0.2) is 4.52 Å². The van der Waals surface area contributed by atoms with Gasteiger partial charge in [0.25, 0.3) is 5.95 Å². The molecule has 86 valence electrons. The molecular formula is C10H20N4O. The van der Waals surface area contributed by atoms with Gasteiger partial charge in [0.05, 0.1) is 0 Å². The van der Waals surface area contributed by atoms with Gasteiger partial charge in [0.1, 0.15) is 0 Å². The van der Waals surface area contributed by atoms with Crippen molar-refractivity contribution in [1.29, 1.82) is 0 Å². The molecule has 0 bridgehead atoms. The standard InChI is InChI=1S/C10H20N4O/c1-8(6-7-11)4-5-9-12-10(13-15-9)14(2)3/h8H,4-7,11H2,1-3H3. The van der Waals surface area contributed by atoms with Gasteiger partial charge >= 0.3 is 0 Å². The number of hydrogen-bond acceptors (Lipinski definition) is 5. The minimum Gasteiger partial charge on any atom is -0.344 e. The zero-order valence-corrected chi connectivity index (χ0v) is 9.73. The van der Waals surface area contributed by atoms with Crippen molar-refractivity contribution in [2.75, 3.05) is 25.5 Å². The monoisotopic (exact) mass is 212 g/mol. The first kappa shape index (κ1) is 12.0. The molecule has 0 saturated carbocycles. The van der Waals surface area contributed by atoms with Crippen molar-refractivity contribution in [3.05, 3.63) is 5.89 Å². The molecule has 0 spiro atoms. The summed E-state index contributed by atoms with van der Waals surface area (Å²) in [4.78, 5) is 6.09. The van der Waals surface area contributed by atoms with E-state index in [-0.39, 0.29) is 0 Å². The molecule has 0 aromatic carbocycles. The number of aromatic nitrogens is 2. The zero-order valence-electron chi connectivity index (χ0n) is 9.73. The summed E-state index contributed by atoms with van der Waals surface area (Å²) in [5.41, 5.74) is 5.48. The second-order valence-electron chi connectivity index (χ2n) is 4.10. The molecule has 1 rings (SSSR count). The van der Waals surface area contributed by atoms with Gasteiger partial charge < -0.3 is 15.2 Å². The lowest BCUT2D eigenvalue weighted by atomic mass is 10.0. The molecule has 1 heterocycles. The molecule has 5 nitrogen and oxygen atoms in total. The Labute approximate surface area is 90.6 Å². The van der Waals surface area contributed by atoms with Crippen LogP contribution in [-0.2, 0) is 6.42 Å². The molecule has 0 amide bonds. The van der Waals surface area contributed by atoms with E-state index in [0.29, 0.717) is 17.8 Å². The highest BCUT2D eigenvalue weighted by molar-refractivity contribution is 5.23. The summed E-state index contributed by atoms with van der Waals surface area (Å²) in [5, 5.41) is 3.85. The fourth-order valence-electron chi connectivity index (χ4n) is 1.33. The first-order valence-corrected chi connectivity index (χ1v) is 5.33. The third-order valence-corrected chi connectivity index (χ3v) is 2.37. The lowest BCUT2D eigenvalue weighted by molar-refractivity contribution is 0.362. The van der Waals surface area contributed by atoms with E-state index in [2.05, 4.69) is 17.1 Å². The third-order valence-electron chi connectivity index (χ3n) is 2.37. The van der Waals surface area contributed by atoms with Crippen molar-refractivity contribution in [3.8, 4) is 0 Å². The molecular weight excluding hydrogens is 192 g/mol. The molecule has 5 heteroatoms.